The average molecular weight is 360 g/mol. The van der Waals surface area contributed by atoms with Crippen molar-refractivity contribution in [3.63, 3.8) is 0 Å². The smallest absolute Gasteiger partial charge is 0.291 e. The summed E-state index contributed by atoms with van der Waals surface area (Å²) in [5.41, 5.74) is 2.34. The van der Waals surface area contributed by atoms with Gasteiger partial charge < -0.3 is 14.2 Å². The first kappa shape index (κ1) is 16.8. The van der Waals surface area contributed by atoms with E-state index in [0.29, 0.717) is 22.5 Å². The molecular weight excluding hydrogens is 344 g/mol. The van der Waals surface area contributed by atoms with Gasteiger partial charge in [-0.1, -0.05) is 12.1 Å². The standard InChI is InChI=1S/C21H16N2O4/c1-12-13(2)26-21(22-12)14-7-9-15(10-8-14)23-20(25)19-11-17(24)16-5-3-4-6-18(16)27-19/h3-11H,1-2H3,(H,23,25). The third-order valence-corrected chi connectivity index (χ3v) is 4.28. The molecule has 0 aliphatic rings. The minimum Gasteiger partial charge on any atom is -0.451 e. The summed E-state index contributed by atoms with van der Waals surface area (Å²) in [6.45, 7) is 3.74. The van der Waals surface area contributed by atoms with Crippen LogP contribution in [-0.4, -0.2) is 10.9 Å². The Hall–Kier alpha value is -3.67. The van der Waals surface area contributed by atoms with E-state index in [-0.39, 0.29) is 11.2 Å². The Morgan fingerprint density at radius 1 is 1.00 bits per heavy atom. The maximum atomic E-state index is 12.4. The van der Waals surface area contributed by atoms with E-state index in [2.05, 4.69) is 10.3 Å². The fraction of sp³-hybridized carbons (Fsp3) is 0.0952. The summed E-state index contributed by atoms with van der Waals surface area (Å²) in [7, 11) is 0. The topological polar surface area (TPSA) is 85.3 Å². The van der Waals surface area contributed by atoms with Crippen LogP contribution >= 0.6 is 0 Å². The molecule has 4 rings (SSSR count). The zero-order chi connectivity index (χ0) is 19.0. The fourth-order valence-electron chi connectivity index (χ4n) is 2.70. The summed E-state index contributed by atoms with van der Waals surface area (Å²) in [5, 5.41) is 3.16. The van der Waals surface area contributed by atoms with E-state index in [4.69, 9.17) is 8.83 Å². The molecule has 2 heterocycles. The minimum atomic E-state index is -0.492. The molecule has 6 heteroatoms. The van der Waals surface area contributed by atoms with Crippen molar-refractivity contribution in [2.75, 3.05) is 5.32 Å². The van der Waals surface area contributed by atoms with Crippen molar-refractivity contribution in [3.8, 4) is 11.5 Å². The van der Waals surface area contributed by atoms with Crippen molar-refractivity contribution in [1.82, 2.24) is 4.98 Å². The Kier molecular flexibility index (Phi) is 4.08. The van der Waals surface area contributed by atoms with Gasteiger partial charge in [0.05, 0.1) is 11.1 Å². The molecule has 0 spiro atoms. The molecule has 134 valence electrons. The normalized spacial score (nSPS) is 10.9. The van der Waals surface area contributed by atoms with E-state index in [1.54, 1.807) is 48.5 Å². The number of para-hydroxylation sites is 1. The van der Waals surface area contributed by atoms with Crippen LogP contribution in [0.3, 0.4) is 0 Å². The van der Waals surface area contributed by atoms with Crippen LogP contribution < -0.4 is 10.7 Å². The van der Waals surface area contributed by atoms with Gasteiger partial charge in [0.15, 0.2) is 11.2 Å². The summed E-state index contributed by atoms with van der Waals surface area (Å²) in [4.78, 5) is 28.9. The monoisotopic (exact) mass is 360 g/mol. The molecule has 0 saturated heterocycles. The van der Waals surface area contributed by atoms with Crippen LogP contribution in [0.2, 0.25) is 0 Å². The molecule has 0 fully saturated rings. The Labute approximate surface area is 154 Å². The lowest BCUT2D eigenvalue weighted by molar-refractivity contribution is 0.0997. The summed E-state index contributed by atoms with van der Waals surface area (Å²) in [5.74, 6) is 0.771. The molecule has 2 aromatic heterocycles. The van der Waals surface area contributed by atoms with Crippen LogP contribution in [0.15, 0.2) is 68.2 Å². The van der Waals surface area contributed by atoms with Crippen molar-refractivity contribution in [3.05, 3.63) is 82.0 Å². The summed E-state index contributed by atoms with van der Waals surface area (Å²) in [6.07, 6.45) is 0. The molecule has 1 amide bonds. The van der Waals surface area contributed by atoms with Gasteiger partial charge in [-0.25, -0.2) is 4.98 Å². The van der Waals surface area contributed by atoms with E-state index in [9.17, 15) is 9.59 Å². The highest BCUT2D eigenvalue weighted by molar-refractivity contribution is 6.03. The quantitative estimate of drug-likeness (QED) is 0.588. The molecule has 2 aromatic carbocycles. The Morgan fingerprint density at radius 3 is 2.44 bits per heavy atom. The van der Waals surface area contributed by atoms with Crippen molar-refractivity contribution in [1.29, 1.82) is 0 Å². The third-order valence-electron chi connectivity index (χ3n) is 4.28. The number of aromatic nitrogens is 1. The number of amides is 1. The molecule has 0 unspecified atom stereocenters. The van der Waals surface area contributed by atoms with Gasteiger partial charge in [0.1, 0.15) is 11.3 Å². The van der Waals surface area contributed by atoms with Crippen molar-refractivity contribution >= 4 is 22.6 Å². The highest BCUT2D eigenvalue weighted by atomic mass is 16.4. The van der Waals surface area contributed by atoms with Gasteiger partial charge in [-0.3, -0.25) is 9.59 Å². The molecular formula is C21H16N2O4. The lowest BCUT2D eigenvalue weighted by atomic mass is 10.2. The Balaban J connectivity index is 1.57. The molecule has 0 aliphatic heterocycles. The van der Waals surface area contributed by atoms with E-state index >= 15 is 0 Å². The molecule has 0 saturated carbocycles. The van der Waals surface area contributed by atoms with Gasteiger partial charge in [0.2, 0.25) is 5.89 Å². The first-order valence-electron chi connectivity index (χ1n) is 8.40. The number of nitrogens with zero attached hydrogens (tertiary/aromatic N) is 1. The Morgan fingerprint density at radius 2 is 1.74 bits per heavy atom. The van der Waals surface area contributed by atoms with E-state index in [1.807, 2.05) is 13.8 Å². The molecule has 4 aromatic rings. The van der Waals surface area contributed by atoms with Gasteiger partial charge in [-0.15, -0.1) is 0 Å². The molecule has 0 aliphatic carbocycles. The van der Waals surface area contributed by atoms with Crippen LogP contribution in [0.4, 0.5) is 5.69 Å². The van der Waals surface area contributed by atoms with Crippen molar-refractivity contribution in [2.24, 2.45) is 0 Å². The molecule has 0 radical (unpaired) electrons. The number of oxazole rings is 1. The SMILES string of the molecule is Cc1nc(-c2ccc(NC(=O)c3cc(=O)c4ccccc4o3)cc2)oc1C. The molecule has 0 bridgehead atoms. The zero-order valence-electron chi connectivity index (χ0n) is 14.8. The van der Waals surface area contributed by atoms with Gasteiger partial charge in [0.25, 0.3) is 5.91 Å². The van der Waals surface area contributed by atoms with Crippen LogP contribution in [0.1, 0.15) is 22.0 Å². The number of hydrogen-bond acceptors (Lipinski definition) is 5. The largest absolute Gasteiger partial charge is 0.451 e. The van der Waals surface area contributed by atoms with Gasteiger partial charge in [0, 0.05) is 17.3 Å². The lowest BCUT2D eigenvalue weighted by Gasteiger charge is -2.06. The highest BCUT2D eigenvalue weighted by Crippen LogP contribution is 2.23. The van der Waals surface area contributed by atoms with Crippen LogP contribution in [0.5, 0.6) is 0 Å². The summed E-state index contributed by atoms with van der Waals surface area (Å²) < 4.78 is 11.1. The average Bonchev–Trinajstić information content (AvgIpc) is 3.01. The van der Waals surface area contributed by atoms with Gasteiger partial charge in [-0.05, 0) is 50.2 Å². The number of hydrogen-bond donors (Lipinski definition) is 1. The fourth-order valence-corrected chi connectivity index (χ4v) is 2.70. The van der Waals surface area contributed by atoms with Crippen LogP contribution in [-0.2, 0) is 0 Å². The minimum absolute atomic E-state index is 0.0401. The first-order chi connectivity index (χ1) is 13.0. The molecule has 6 nitrogen and oxygen atoms in total. The molecule has 0 atom stereocenters. The first-order valence-corrected chi connectivity index (χ1v) is 8.40. The number of carbonyl (C=O) groups excluding carboxylic acids is 1. The van der Waals surface area contributed by atoms with Gasteiger partial charge >= 0.3 is 0 Å². The summed E-state index contributed by atoms with van der Waals surface area (Å²) >= 11 is 0. The maximum absolute atomic E-state index is 12.4. The second-order valence-corrected chi connectivity index (χ2v) is 6.16. The third kappa shape index (κ3) is 3.25. The van der Waals surface area contributed by atoms with E-state index in [1.165, 1.54) is 6.07 Å². The number of nitrogens with one attached hydrogen (secondary N) is 1. The van der Waals surface area contributed by atoms with E-state index < -0.39 is 5.91 Å². The zero-order valence-corrected chi connectivity index (χ0v) is 14.8. The van der Waals surface area contributed by atoms with Gasteiger partial charge in [-0.2, -0.15) is 0 Å². The number of carbonyl (C=O) groups is 1. The second-order valence-electron chi connectivity index (χ2n) is 6.16. The molecule has 1 N–H and O–H groups in total. The number of anilines is 1. The lowest BCUT2D eigenvalue weighted by Crippen LogP contribution is -2.14. The second kappa shape index (κ2) is 6.57. The van der Waals surface area contributed by atoms with Crippen LogP contribution in [0.25, 0.3) is 22.4 Å². The number of rotatable bonds is 3. The highest BCUT2D eigenvalue weighted by Gasteiger charge is 2.13. The summed E-state index contributed by atoms with van der Waals surface area (Å²) in [6, 6.07) is 15.1. The molecule has 27 heavy (non-hydrogen) atoms. The number of aryl methyl sites for hydroxylation is 2. The number of benzene rings is 2. The van der Waals surface area contributed by atoms with Crippen molar-refractivity contribution < 1.29 is 13.6 Å². The van der Waals surface area contributed by atoms with Crippen LogP contribution in [0, 0.1) is 13.8 Å². The predicted molar refractivity (Wildman–Crippen MR) is 102 cm³/mol. The number of fused-ring (bicyclic) bond motifs is 1. The maximum Gasteiger partial charge on any atom is 0.291 e. The van der Waals surface area contributed by atoms with Crippen molar-refractivity contribution in [2.45, 2.75) is 13.8 Å². The predicted octanol–water partition coefficient (Wildman–Crippen LogP) is 4.32. The Bertz CT molecular complexity index is 1180. The van der Waals surface area contributed by atoms with E-state index in [0.717, 1.165) is 17.0 Å².